The van der Waals surface area contributed by atoms with Gasteiger partial charge in [0.25, 0.3) is 5.91 Å². The van der Waals surface area contributed by atoms with Crippen LogP contribution in [0.3, 0.4) is 0 Å². The van der Waals surface area contributed by atoms with Crippen molar-refractivity contribution < 1.29 is 14.3 Å². The van der Waals surface area contributed by atoms with E-state index in [1.807, 2.05) is 43.3 Å². The summed E-state index contributed by atoms with van der Waals surface area (Å²) in [5.74, 6) is 1.79. The van der Waals surface area contributed by atoms with Crippen molar-refractivity contribution in [3.05, 3.63) is 78.6 Å². The molecule has 0 spiro atoms. The molecule has 0 saturated heterocycles. The van der Waals surface area contributed by atoms with Gasteiger partial charge in [-0.2, -0.15) is 0 Å². The van der Waals surface area contributed by atoms with Crippen LogP contribution in [0.1, 0.15) is 17.3 Å². The summed E-state index contributed by atoms with van der Waals surface area (Å²) < 4.78 is 11.3. The number of amides is 1. The second-order valence-electron chi connectivity index (χ2n) is 5.19. The smallest absolute Gasteiger partial charge is 0.255 e. The molecule has 5 nitrogen and oxygen atoms in total. The summed E-state index contributed by atoms with van der Waals surface area (Å²) >= 11 is 0. The summed E-state index contributed by atoms with van der Waals surface area (Å²) in [5.41, 5.74) is 1.13. The molecule has 0 radical (unpaired) electrons. The lowest BCUT2D eigenvalue weighted by molar-refractivity contribution is 0.102. The highest BCUT2D eigenvalue weighted by Crippen LogP contribution is 2.30. The minimum absolute atomic E-state index is 0.217. The standard InChI is InChI=1S/C20H18N2O3/c1-2-24-16-7-9-17(10-8-16)25-19-6-4-3-5-18(19)22-20(23)15-11-13-21-14-12-15/h3-14H,2H2,1H3,(H,22,23). The molecule has 0 atom stereocenters. The number of nitrogens with zero attached hydrogens (tertiary/aromatic N) is 1. The Morgan fingerprint density at radius 2 is 1.64 bits per heavy atom. The number of nitrogens with one attached hydrogen (secondary N) is 1. The zero-order valence-electron chi connectivity index (χ0n) is 13.8. The Morgan fingerprint density at radius 3 is 2.36 bits per heavy atom. The van der Waals surface area contributed by atoms with Gasteiger partial charge in [0.2, 0.25) is 0 Å². The molecule has 0 fully saturated rings. The Balaban J connectivity index is 1.75. The van der Waals surface area contributed by atoms with E-state index >= 15 is 0 Å². The molecule has 0 aliphatic heterocycles. The van der Waals surface area contributed by atoms with Gasteiger partial charge in [-0.3, -0.25) is 9.78 Å². The summed E-state index contributed by atoms with van der Waals surface area (Å²) in [6.45, 7) is 2.55. The molecule has 3 rings (SSSR count). The average molecular weight is 334 g/mol. The van der Waals surface area contributed by atoms with Crippen LogP contribution in [0.2, 0.25) is 0 Å². The summed E-state index contributed by atoms with van der Waals surface area (Å²) in [4.78, 5) is 16.2. The predicted molar refractivity (Wildman–Crippen MR) is 96.3 cm³/mol. The fourth-order valence-corrected chi connectivity index (χ4v) is 2.25. The van der Waals surface area contributed by atoms with E-state index in [2.05, 4.69) is 10.3 Å². The lowest BCUT2D eigenvalue weighted by atomic mass is 10.2. The van der Waals surface area contributed by atoms with Gasteiger partial charge < -0.3 is 14.8 Å². The van der Waals surface area contributed by atoms with Crippen molar-refractivity contribution in [3.8, 4) is 17.2 Å². The first-order valence-electron chi connectivity index (χ1n) is 7.97. The van der Waals surface area contributed by atoms with E-state index in [4.69, 9.17) is 9.47 Å². The van der Waals surface area contributed by atoms with E-state index < -0.39 is 0 Å². The summed E-state index contributed by atoms with van der Waals surface area (Å²) in [5, 5.41) is 2.86. The highest BCUT2D eigenvalue weighted by atomic mass is 16.5. The van der Waals surface area contributed by atoms with Crippen molar-refractivity contribution in [1.82, 2.24) is 4.98 Å². The Hall–Kier alpha value is -3.34. The lowest BCUT2D eigenvalue weighted by Gasteiger charge is -2.12. The van der Waals surface area contributed by atoms with Gasteiger partial charge in [-0.15, -0.1) is 0 Å². The highest BCUT2D eigenvalue weighted by Gasteiger charge is 2.10. The number of carbonyl (C=O) groups is 1. The van der Waals surface area contributed by atoms with Gasteiger partial charge in [0.1, 0.15) is 11.5 Å². The molecule has 25 heavy (non-hydrogen) atoms. The number of ether oxygens (including phenoxy) is 2. The van der Waals surface area contributed by atoms with E-state index in [1.165, 1.54) is 0 Å². The molecule has 1 aromatic heterocycles. The Morgan fingerprint density at radius 1 is 0.960 bits per heavy atom. The normalized spacial score (nSPS) is 10.1. The van der Waals surface area contributed by atoms with Crippen molar-refractivity contribution >= 4 is 11.6 Å². The second kappa shape index (κ2) is 7.97. The molecule has 0 unspecified atom stereocenters. The number of para-hydroxylation sites is 2. The molecule has 0 saturated carbocycles. The summed E-state index contributed by atoms with van der Waals surface area (Å²) in [6.07, 6.45) is 3.16. The number of pyridine rings is 1. The minimum Gasteiger partial charge on any atom is -0.494 e. The molecule has 1 heterocycles. The fourth-order valence-electron chi connectivity index (χ4n) is 2.25. The quantitative estimate of drug-likeness (QED) is 0.720. The number of carbonyl (C=O) groups excluding carboxylic acids is 1. The number of aromatic nitrogens is 1. The number of anilines is 1. The van der Waals surface area contributed by atoms with E-state index in [-0.39, 0.29) is 5.91 Å². The van der Waals surface area contributed by atoms with E-state index in [0.717, 1.165) is 5.75 Å². The highest BCUT2D eigenvalue weighted by molar-refractivity contribution is 6.04. The van der Waals surface area contributed by atoms with Crippen molar-refractivity contribution in [2.75, 3.05) is 11.9 Å². The first-order valence-corrected chi connectivity index (χ1v) is 7.97. The summed E-state index contributed by atoms with van der Waals surface area (Å²) in [6, 6.07) is 17.9. The molecule has 1 amide bonds. The minimum atomic E-state index is -0.217. The molecule has 5 heteroatoms. The van der Waals surface area contributed by atoms with Crippen LogP contribution in [0, 0.1) is 0 Å². The number of hydrogen-bond acceptors (Lipinski definition) is 4. The predicted octanol–water partition coefficient (Wildman–Crippen LogP) is 4.52. The van der Waals surface area contributed by atoms with Crippen molar-refractivity contribution in [2.24, 2.45) is 0 Å². The van der Waals surface area contributed by atoms with Crippen LogP contribution in [0.15, 0.2) is 73.1 Å². The maximum Gasteiger partial charge on any atom is 0.255 e. The van der Waals surface area contributed by atoms with Gasteiger partial charge in [0.15, 0.2) is 5.75 Å². The second-order valence-corrected chi connectivity index (χ2v) is 5.19. The maximum absolute atomic E-state index is 12.3. The molecule has 2 aromatic carbocycles. The van der Waals surface area contributed by atoms with Gasteiger partial charge in [0, 0.05) is 18.0 Å². The number of benzene rings is 2. The molecular weight excluding hydrogens is 316 g/mol. The summed E-state index contributed by atoms with van der Waals surface area (Å²) in [7, 11) is 0. The Bertz CT molecular complexity index is 833. The Kier molecular flexibility index (Phi) is 5.26. The maximum atomic E-state index is 12.3. The van der Waals surface area contributed by atoms with Gasteiger partial charge >= 0.3 is 0 Å². The molecule has 0 bridgehead atoms. The van der Waals surface area contributed by atoms with Crippen LogP contribution in [0.4, 0.5) is 5.69 Å². The first kappa shape index (κ1) is 16.5. The van der Waals surface area contributed by atoms with E-state index in [0.29, 0.717) is 29.4 Å². The zero-order valence-corrected chi connectivity index (χ0v) is 13.8. The van der Waals surface area contributed by atoms with Gasteiger partial charge in [-0.25, -0.2) is 0 Å². The van der Waals surface area contributed by atoms with Crippen LogP contribution in [-0.4, -0.2) is 17.5 Å². The van der Waals surface area contributed by atoms with Crippen molar-refractivity contribution in [3.63, 3.8) is 0 Å². The van der Waals surface area contributed by atoms with Gasteiger partial charge in [-0.05, 0) is 55.5 Å². The van der Waals surface area contributed by atoms with Crippen LogP contribution in [0.25, 0.3) is 0 Å². The van der Waals surface area contributed by atoms with Crippen LogP contribution in [-0.2, 0) is 0 Å². The molecule has 0 aliphatic rings. The van der Waals surface area contributed by atoms with Crippen molar-refractivity contribution in [1.29, 1.82) is 0 Å². The van der Waals surface area contributed by atoms with Gasteiger partial charge in [0.05, 0.1) is 12.3 Å². The van der Waals surface area contributed by atoms with Crippen LogP contribution >= 0.6 is 0 Å². The number of rotatable bonds is 6. The van der Waals surface area contributed by atoms with Crippen molar-refractivity contribution in [2.45, 2.75) is 6.92 Å². The van der Waals surface area contributed by atoms with E-state index in [9.17, 15) is 4.79 Å². The van der Waals surface area contributed by atoms with Crippen LogP contribution < -0.4 is 14.8 Å². The molecule has 0 aliphatic carbocycles. The Labute approximate surface area is 146 Å². The molecular formula is C20H18N2O3. The molecule has 1 N–H and O–H groups in total. The molecule has 126 valence electrons. The number of hydrogen-bond donors (Lipinski definition) is 1. The monoisotopic (exact) mass is 334 g/mol. The topological polar surface area (TPSA) is 60.5 Å². The van der Waals surface area contributed by atoms with E-state index in [1.54, 1.807) is 36.7 Å². The lowest BCUT2D eigenvalue weighted by Crippen LogP contribution is -2.12. The molecule has 3 aromatic rings. The van der Waals surface area contributed by atoms with Gasteiger partial charge in [-0.1, -0.05) is 12.1 Å². The average Bonchev–Trinajstić information content (AvgIpc) is 2.66. The van der Waals surface area contributed by atoms with Crippen LogP contribution in [0.5, 0.6) is 17.2 Å². The largest absolute Gasteiger partial charge is 0.494 e. The third-order valence-corrected chi connectivity index (χ3v) is 3.44. The fraction of sp³-hybridized carbons (Fsp3) is 0.100. The third-order valence-electron chi connectivity index (χ3n) is 3.44. The zero-order chi connectivity index (χ0) is 17.5. The third kappa shape index (κ3) is 4.35. The SMILES string of the molecule is CCOc1ccc(Oc2ccccc2NC(=O)c2ccncc2)cc1. The first-order chi connectivity index (χ1) is 12.3.